The first-order valence-corrected chi connectivity index (χ1v) is 20.1. The highest BCUT2D eigenvalue weighted by Crippen LogP contribution is 2.24. The van der Waals surface area contributed by atoms with Crippen molar-refractivity contribution >= 4 is 11.8 Å². The molecule has 0 aromatic rings. The molecule has 2 amide bonds. The van der Waals surface area contributed by atoms with E-state index in [-0.39, 0.29) is 12.8 Å². The number of aliphatic hydroxyl groups is 2. The topological polar surface area (TPSA) is 77.8 Å². The van der Waals surface area contributed by atoms with Crippen LogP contribution in [0.2, 0.25) is 0 Å². The molecule has 0 bridgehead atoms. The predicted molar refractivity (Wildman–Crippen MR) is 193 cm³/mol. The Morgan fingerprint density at radius 1 is 0.422 bits per heavy atom. The molecule has 0 unspecified atom stereocenters. The van der Waals surface area contributed by atoms with Crippen LogP contribution in [-0.2, 0) is 9.59 Å². The number of imide groups is 1. The Morgan fingerprint density at radius 2 is 0.622 bits per heavy atom. The van der Waals surface area contributed by atoms with Gasteiger partial charge in [0.15, 0.2) is 0 Å². The van der Waals surface area contributed by atoms with Crippen LogP contribution in [0.1, 0.15) is 233 Å². The number of amides is 2. The standard InChI is InChI=1S/C40H79NO4/c1-5-7-9-11-13-15-17-19-21-23-25-27-29-31-33-35-38(42)41(40(44,45)37(3)4)39(43)36-34-32-30-28-26-24-22-20-18-16-14-12-10-8-6-2/h37,44-45H,5-36H2,1-4H3. The summed E-state index contributed by atoms with van der Waals surface area (Å²) in [7, 11) is 0. The third kappa shape index (κ3) is 25.8. The molecule has 268 valence electrons. The van der Waals surface area contributed by atoms with E-state index in [1.165, 1.54) is 154 Å². The minimum atomic E-state index is -2.43. The quantitative estimate of drug-likeness (QED) is 0.0543. The highest BCUT2D eigenvalue weighted by Gasteiger charge is 2.42. The fourth-order valence-electron chi connectivity index (χ4n) is 6.28. The smallest absolute Gasteiger partial charge is 0.257 e. The molecule has 0 aromatic heterocycles. The number of hydrogen-bond acceptors (Lipinski definition) is 4. The van der Waals surface area contributed by atoms with Gasteiger partial charge in [-0.25, -0.2) is 4.90 Å². The first kappa shape index (κ1) is 44.1. The van der Waals surface area contributed by atoms with Gasteiger partial charge in [0, 0.05) is 18.8 Å². The first-order valence-electron chi connectivity index (χ1n) is 20.1. The molecule has 0 aliphatic rings. The van der Waals surface area contributed by atoms with Crippen molar-refractivity contribution in [1.82, 2.24) is 4.90 Å². The minimum Gasteiger partial charge on any atom is -0.348 e. The van der Waals surface area contributed by atoms with Crippen LogP contribution in [0.15, 0.2) is 0 Å². The van der Waals surface area contributed by atoms with E-state index in [1.807, 2.05) is 0 Å². The molecule has 0 atom stereocenters. The molecular weight excluding hydrogens is 558 g/mol. The zero-order valence-electron chi connectivity index (χ0n) is 30.9. The van der Waals surface area contributed by atoms with Gasteiger partial charge in [-0.05, 0) is 12.8 Å². The van der Waals surface area contributed by atoms with Gasteiger partial charge in [-0.3, -0.25) is 9.59 Å². The van der Waals surface area contributed by atoms with E-state index in [9.17, 15) is 19.8 Å². The minimum absolute atomic E-state index is 0.193. The van der Waals surface area contributed by atoms with Gasteiger partial charge in [-0.2, -0.15) is 0 Å². The van der Waals surface area contributed by atoms with Crippen molar-refractivity contribution < 1.29 is 19.8 Å². The molecule has 2 N–H and O–H groups in total. The van der Waals surface area contributed by atoms with E-state index in [0.717, 1.165) is 30.6 Å². The Balaban J connectivity index is 4.01. The average molecular weight is 638 g/mol. The molecule has 0 aliphatic heterocycles. The summed E-state index contributed by atoms with van der Waals surface area (Å²) in [6.07, 6.45) is 37.9. The lowest BCUT2D eigenvalue weighted by atomic mass is 10.0. The Labute approximate surface area is 281 Å². The van der Waals surface area contributed by atoms with E-state index in [0.29, 0.717) is 12.8 Å². The summed E-state index contributed by atoms with van der Waals surface area (Å²) in [5, 5.41) is 21.4. The number of carbonyl (C=O) groups is 2. The number of unbranched alkanes of at least 4 members (excludes halogenated alkanes) is 28. The van der Waals surface area contributed by atoms with E-state index in [4.69, 9.17) is 0 Å². The summed E-state index contributed by atoms with van der Waals surface area (Å²) in [4.78, 5) is 26.8. The normalized spacial score (nSPS) is 11.9. The lowest BCUT2D eigenvalue weighted by Crippen LogP contribution is -2.58. The zero-order chi connectivity index (χ0) is 33.4. The molecular formula is C40H79NO4. The molecule has 0 saturated heterocycles. The van der Waals surface area contributed by atoms with Crippen LogP contribution in [0, 0.1) is 5.92 Å². The molecule has 0 radical (unpaired) electrons. The molecule has 45 heavy (non-hydrogen) atoms. The van der Waals surface area contributed by atoms with E-state index in [2.05, 4.69) is 13.8 Å². The largest absolute Gasteiger partial charge is 0.348 e. The molecule has 0 rings (SSSR count). The summed E-state index contributed by atoms with van der Waals surface area (Å²) >= 11 is 0. The number of carbonyl (C=O) groups excluding carboxylic acids is 2. The van der Waals surface area contributed by atoms with Crippen molar-refractivity contribution in [3.05, 3.63) is 0 Å². The van der Waals surface area contributed by atoms with Crippen LogP contribution in [0.4, 0.5) is 0 Å². The lowest BCUT2D eigenvalue weighted by molar-refractivity contribution is -0.274. The molecule has 0 heterocycles. The Morgan fingerprint density at radius 3 is 0.822 bits per heavy atom. The molecule has 5 heteroatoms. The van der Waals surface area contributed by atoms with Gasteiger partial charge < -0.3 is 10.2 Å². The summed E-state index contributed by atoms with van der Waals surface area (Å²) in [5.41, 5.74) is 0. The van der Waals surface area contributed by atoms with Crippen molar-refractivity contribution in [2.24, 2.45) is 5.92 Å². The fraction of sp³-hybridized carbons (Fsp3) is 0.950. The fourth-order valence-corrected chi connectivity index (χ4v) is 6.28. The molecule has 0 aliphatic carbocycles. The second kappa shape index (κ2) is 31.6. The predicted octanol–water partition coefficient (Wildman–Crippen LogP) is 12.2. The SMILES string of the molecule is CCCCCCCCCCCCCCCCCC(=O)N(C(=O)CCCCCCCCCCCCCCCCC)C(O)(O)C(C)C. The van der Waals surface area contributed by atoms with Crippen molar-refractivity contribution in [2.45, 2.75) is 239 Å². The second-order valence-electron chi connectivity index (χ2n) is 14.4. The van der Waals surface area contributed by atoms with Crippen LogP contribution in [0.3, 0.4) is 0 Å². The van der Waals surface area contributed by atoms with Crippen LogP contribution < -0.4 is 0 Å². The Kier molecular flexibility index (Phi) is 31.0. The molecule has 0 spiro atoms. The maximum Gasteiger partial charge on any atom is 0.257 e. The molecule has 0 fully saturated rings. The average Bonchev–Trinajstić information content (AvgIpc) is 3.00. The first-order chi connectivity index (χ1) is 21.8. The van der Waals surface area contributed by atoms with Gasteiger partial charge in [0.25, 0.3) is 5.91 Å². The maximum atomic E-state index is 13.0. The van der Waals surface area contributed by atoms with Crippen LogP contribution in [0.5, 0.6) is 0 Å². The van der Waals surface area contributed by atoms with E-state index >= 15 is 0 Å². The summed E-state index contributed by atoms with van der Waals surface area (Å²) in [6.45, 7) is 7.80. The van der Waals surface area contributed by atoms with Crippen LogP contribution in [0.25, 0.3) is 0 Å². The van der Waals surface area contributed by atoms with Gasteiger partial charge in [-0.1, -0.05) is 207 Å². The second-order valence-corrected chi connectivity index (χ2v) is 14.4. The molecule has 0 aromatic carbocycles. The summed E-state index contributed by atoms with van der Waals surface area (Å²) in [6, 6.07) is 0. The van der Waals surface area contributed by atoms with E-state index < -0.39 is 23.6 Å². The zero-order valence-corrected chi connectivity index (χ0v) is 30.9. The Hall–Kier alpha value is -0.940. The van der Waals surface area contributed by atoms with Crippen molar-refractivity contribution in [2.75, 3.05) is 0 Å². The highest BCUT2D eigenvalue weighted by atomic mass is 16.5. The van der Waals surface area contributed by atoms with Crippen molar-refractivity contribution in [3.63, 3.8) is 0 Å². The molecule has 5 nitrogen and oxygen atoms in total. The number of hydrogen-bond donors (Lipinski definition) is 2. The highest BCUT2D eigenvalue weighted by molar-refractivity contribution is 5.95. The van der Waals surface area contributed by atoms with Gasteiger partial charge >= 0.3 is 0 Å². The third-order valence-corrected chi connectivity index (χ3v) is 9.59. The van der Waals surface area contributed by atoms with Crippen LogP contribution in [-0.4, -0.2) is 32.8 Å². The molecule has 0 saturated carbocycles. The maximum absolute atomic E-state index is 13.0. The van der Waals surface area contributed by atoms with Crippen molar-refractivity contribution in [1.29, 1.82) is 0 Å². The van der Waals surface area contributed by atoms with Crippen molar-refractivity contribution in [3.8, 4) is 0 Å². The van der Waals surface area contributed by atoms with Gasteiger partial charge in [0.2, 0.25) is 11.8 Å². The van der Waals surface area contributed by atoms with Gasteiger partial charge in [-0.15, -0.1) is 0 Å². The summed E-state index contributed by atoms with van der Waals surface area (Å²) < 4.78 is 0. The van der Waals surface area contributed by atoms with Gasteiger partial charge in [0.05, 0.1) is 0 Å². The van der Waals surface area contributed by atoms with Crippen LogP contribution >= 0.6 is 0 Å². The Bertz CT molecular complexity index is 617. The summed E-state index contributed by atoms with van der Waals surface area (Å²) in [5.74, 6) is -3.98. The lowest BCUT2D eigenvalue weighted by Gasteiger charge is -2.36. The van der Waals surface area contributed by atoms with E-state index in [1.54, 1.807) is 13.8 Å². The monoisotopic (exact) mass is 638 g/mol. The number of rotatable bonds is 34. The third-order valence-electron chi connectivity index (χ3n) is 9.59. The van der Waals surface area contributed by atoms with Gasteiger partial charge in [0.1, 0.15) is 0 Å². The number of nitrogens with zero attached hydrogens (tertiary/aromatic N) is 1.